The van der Waals surface area contributed by atoms with E-state index < -0.39 is 6.04 Å². The predicted octanol–water partition coefficient (Wildman–Crippen LogP) is 1.67. The summed E-state index contributed by atoms with van der Waals surface area (Å²) < 4.78 is 0. The number of rotatable bonds is 5. The second-order valence-corrected chi connectivity index (χ2v) is 7.21. The van der Waals surface area contributed by atoms with E-state index in [1.807, 2.05) is 16.3 Å². The first kappa shape index (κ1) is 17.0. The van der Waals surface area contributed by atoms with Gasteiger partial charge in [0.15, 0.2) is 0 Å². The molecule has 1 fully saturated rings. The molecule has 2 amide bonds. The van der Waals surface area contributed by atoms with Crippen LogP contribution in [-0.2, 0) is 4.79 Å². The highest BCUT2D eigenvalue weighted by Gasteiger charge is 2.28. The van der Waals surface area contributed by atoms with Gasteiger partial charge in [0.1, 0.15) is 6.04 Å². The van der Waals surface area contributed by atoms with Crippen LogP contribution in [0.1, 0.15) is 29.9 Å². The van der Waals surface area contributed by atoms with Crippen LogP contribution in [0.4, 0.5) is 0 Å². The lowest BCUT2D eigenvalue weighted by Crippen LogP contribution is -2.54. The zero-order valence-corrected chi connectivity index (χ0v) is 14.4. The third kappa shape index (κ3) is 4.55. The lowest BCUT2D eigenvalue weighted by atomic mass is 10.0. The van der Waals surface area contributed by atoms with E-state index in [0.717, 1.165) is 26.2 Å². The fraction of sp³-hybridized carbons (Fsp3) is 0.625. The number of thiophene rings is 1. The summed E-state index contributed by atoms with van der Waals surface area (Å²) in [5.74, 6) is 0.250. The van der Waals surface area contributed by atoms with Gasteiger partial charge in [-0.3, -0.25) is 9.59 Å². The zero-order valence-electron chi connectivity index (χ0n) is 13.5. The van der Waals surface area contributed by atoms with Crippen molar-refractivity contribution in [2.75, 3.05) is 33.2 Å². The predicted molar refractivity (Wildman–Crippen MR) is 89.1 cm³/mol. The van der Waals surface area contributed by atoms with Crippen molar-refractivity contribution >= 4 is 23.2 Å². The molecular weight excluding hydrogens is 298 g/mol. The van der Waals surface area contributed by atoms with E-state index in [1.54, 1.807) is 6.07 Å². The van der Waals surface area contributed by atoms with E-state index in [-0.39, 0.29) is 11.8 Å². The molecular formula is C16H25N3O2S. The minimum absolute atomic E-state index is 0.0479. The van der Waals surface area contributed by atoms with Crippen molar-refractivity contribution in [3.63, 3.8) is 0 Å². The van der Waals surface area contributed by atoms with E-state index in [4.69, 9.17) is 0 Å². The largest absolute Gasteiger partial charge is 0.340 e. The van der Waals surface area contributed by atoms with Gasteiger partial charge in [-0.1, -0.05) is 19.9 Å². The third-order valence-electron chi connectivity index (χ3n) is 3.87. The SMILES string of the molecule is CC(C)C[C@@H](NC(=O)c1cccs1)C(=O)N1CCN(C)CC1. The second kappa shape index (κ2) is 7.74. The minimum Gasteiger partial charge on any atom is -0.340 e. The van der Waals surface area contributed by atoms with Crippen LogP contribution in [0.25, 0.3) is 0 Å². The van der Waals surface area contributed by atoms with Gasteiger partial charge in [-0.15, -0.1) is 11.3 Å². The van der Waals surface area contributed by atoms with Crippen LogP contribution in [0.2, 0.25) is 0 Å². The summed E-state index contributed by atoms with van der Waals surface area (Å²) in [6.07, 6.45) is 0.669. The molecule has 2 heterocycles. The van der Waals surface area contributed by atoms with Crippen molar-refractivity contribution in [2.45, 2.75) is 26.3 Å². The number of carbonyl (C=O) groups is 2. The lowest BCUT2D eigenvalue weighted by molar-refractivity contribution is -0.135. The third-order valence-corrected chi connectivity index (χ3v) is 4.74. The number of nitrogens with zero attached hydrogens (tertiary/aromatic N) is 2. The summed E-state index contributed by atoms with van der Waals surface area (Å²) in [5.41, 5.74) is 0. The normalized spacial score (nSPS) is 17.5. The maximum Gasteiger partial charge on any atom is 0.261 e. The Hall–Kier alpha value is -1.40. The number of hydrogen-bond donors (Lipinski definition) is 1. The Morgan fingerprint density at radius 3 is 2.50 bits per heavy atom. The number of amides is 2. The minimum atomic E-state index is -0.432. The molecule has 1 aromatic heterocycles. The van der Waals surface area contributed by atoms with Crippen LogP contribution >= 0.6 is 11.3 Å². The van der Waals surface area contributed by atoms with Crippen molar-refractivity contribution in [1.82, 2.24) is 15.1 Å². The van der Waals surface area contributed by atoms with Crippen LogP contribution in [0.3, 0.4) is 0 Å². The van der Waals surface area contributed by atoms with Crippen LogP contribution in [0, 0.1) is 5.92 Å². The van der Waals surface area contributed by atoms with Crippen molar-refractivity contribution in [3.8, 4) is 0 Å². The molecule has 0 aromatic carbocycles. The Morgan fingerprint density at radius 1 is 1.27 bits per heavy atom. The molecule has 0 radical (unpaired) electrons. The van der Waals surface area contributed by atoms with E-state index in [1.165, 1.54) is 11.3 Å². The topological polar surface area (TPSA) is 52.7 Å². The molecule has 1 saturated heterocycles. The monoisotopic (exact) mass is 323 g/mol. The number of likely N-dealkylation sites (N-methyl/N-ethyl adjacent to an activating group) is 1. The number of hydrogen-bond acceptors (Lipinski definition) is 4. The molecule has 0 aliphatic carbocycles. The Kier molecular flexibility index (Phi) is 5.97. The molecule has 1 aliphatic heterocycles. The van der Waals surface area contributed by atoms with Crippen molar-refractivity contribution in [1.29, 1.82) is 0 Å². The molecule has 1 aliphatic rings. The van der Waals surface area contributed by atoms with Gasteiger partial charge in [0.25, 0.3) is 5.91 Å². The van der Waals surface area contributed by atoms with E-state index in [9.17, 15) is 9.59 Å². The molecule has 122 valence electrons. The number of carbonyl (C=O) groups excluding carboxylic acids is 2. The van der Waals surface area contributed by atoms with Crippen LogP contribution in [0.5, 0.6) is 0 Å². The average molecular weight is 323 g/mol. The Labute approximate surface area is 136 Å². The number of piperazine rings is 1. The van der Waals surface area contributed by atoms with Gasteiger partial charge < -0.3 is 15.1 Å². The Bertz CT molecular complexity index is 493. The van der Waals surface area contributed by atoms with Gasteiger partial charge in [-0.05, 0) is 30.8 Å². The molecule has 5 nitrogen and oxygen atoms in total. The highest BCUT2D eigenvalue weighted by atomic mass is 32.1. The molecule has 1 aromatic rings. The molecule has 0 bridgehead atoms. The molecule has 6 heteroatoms. The Balaban J connectivity index is 2.01. The van der Waals surface area contributed by atoms with Gasteiger partial charge in [0.05, 0.1) is 4.88 Å². The van der Waals surface area contributed by atoms with Crippen LogP contribution < -0.4 is 5.32 Å². The summed E-state index contributed by atoms with van der Waals surface area (Å²) in [6.45, 7) is 7.39. The Morgan fingerprint density at radius 2 is 1.95 bits per heavy atom. The summed E-state index contributed by atoms with van der Waals surface area (Å²) in [4.78, 5) is 29.7. The quantitative estimate of drug-likeness (QED) is 0.897. The average Bonchev–Trinajstić information content (AvgIpc) is 3.00. The van der Waals surface area contributed by atoms with Gasteiger partial charge in [0.2, 0.25) is 5.91 Å². The molecule has 0 saturated carbocycles. The molecule has 2 rings (SSSR count). The molecule has 0 unspecified atom stereocenters. The summed E-state index contributed by atoms with van der Waals surface area (Å²) in [5, 5.41) is 4.80. The van der Waals surface area contributed by atoms with Crippen molar-refractivity contribution in [3.05, 3.63) is 22.4 Å². The number of nitrogens with one attached hydrogen (secondary N) is 1. The van der Waals surface area contributed by atoms with Crippen LogP contribution in [-0.4, -0.2) is 60.9 Å². The fourth-order valence-corrected chi connectivity index (χ4v) is 3.20. The van der Waals surface area contributed by atoms with Gasteiger partial charge in [-0.2, -0.15) is 0 Å². The maximum absolute atomic E-state index is 12.7. The molecule has 22 heavy (non-hydrogen) atoms. The molecule has 1 atom stereocenters. The van der Waals surface area contributed by atoms with Crippen LogP contribution in [0.15, 0.2) is 17.5 Å². The highest BCUT2D eigenvalue weighted by molar-refractivity contribution is 7.12. The first-order chi connectivity index (χ1) is 10.5. The van der Waals surface area contributed by atoms with Crippen molar-refractivity contribution in [2.24, 2.45) is 5.92 Å². The van der Waals surface area contributed by atoms with E-state index in [0.29, 0.717) is 17.2 Å². The zero-order chi connectivity index (χ0) is 16.1. The first-order valence-corrected chi connectivity index (χ1v) is 8.67. The maximum atomic E-state index is 12.7. The summed E-state index contributed by atoms with van der Waals surface area (Å²) in [6, 6.07) is 3.20. The van der Waals surface area contributed by atoms with Gasteiger partial charge in [-0.25, -0.2) is 0 Å². The second-order valence-electron chi connectivity index (χ2n) is 6.26. The smallest absolute Gasteiger partial charge is 0.261 e. The van der Waals surface area contributed by atoms with Gasteiger partial charge >= 0.3 is 0 Å². The lowest BCUT2D eigenvalue weighted by Gasteiger charge is -2.35. The van der Waals surface area contributed by atoms with Gasteiger partial charge in [0, 0.05) is 26.2 Å². The van der Waals surface area contributed by atoms with E-state index in [2.05, 4.69) is 31.1 Å². The van der Waals surface area contributed by atoms with Crippen molar-refractivity contribution < 1.29 is 9.59 Å². The highest BCUT2D eigenvalue weighted by Crippen LogP contribution is 2.13. The fourth-order valence-electron chi connectivity index (χ4n) is 2.58. The first-order valence-electron chi connectivity index (χ1n) is 7.79. The van der Waals surface area contributed by atoms with E-state index >= 15 is 0 Å². The summed E-state index contributed by atoms with van der Waals surface area (Å²) in [7, 11) is 2.06. The molecule has 0 spiro atoms. The summed E-state index contributed by atoms with van der Waals surface area (Å²) >= 11 is 1.40. The standard InChI is InChI=1S/C16H25N3O2S/c1-12(2)11-13(17-15(20)14-5-4-10-22-14)16(21)19-8-6-18(3)7-9-19/h4-5,10,12-13H,6-9,11H2,1-3H3,(H,17,20)/t13-/m1/s1. The molecule has 1 N–H and O–H groups in total.